The van der Waals surface area contributed by atoms with Gasteiger partial charge in [0.15, 0.2) is 15.8 Å². The highest BCUT2D eigenvalue weighted by Crippen LogP contribution is 2.17. The molecule has 2 aliphatic heterocycles. The molecule has 1 atom stereocenters. The van der Waals surface area contributed by atoms with Crippen LogP contribution in [0, 0.1) is 5.92 Å². The van der Waals surface area contributed by atoms with E-state index in [1.165, 1.54) is 0 Å². The highest BCUT2D eigenvalue weighted by molar-refractivity contribution is 14.0. The Labute approximate surface area is 169 Å². The van der Waals surface area contributed by atoms with Crippen molar-refractivity contribution >= 4 is 39.8 Å². The Bertz CT molecular complexity index is 508. The third kappa shape index (κ3) is 8.40. The third-order valence-electron chi connectivity index (χ3n) is 4.74. The Morgan fingerprint density at radius 2 is 2.00 bits per heavy atom. The highest BCUT2D eigenvalue weighted by Gasteiger charge is 2.28. The molecule has 148 valence electrons. The molecule has 2 heterocycles. The largest absolute Gasteiger partial charge is 0.383 e. The van der Waals surface area contributed by atoms with Gasteiger partial charge in [0, 0.05) is 32.8 Å². The standard InChI is InChI=1S/C16H32N4O3S.HI/c1-3-17-16(19-15-6-11-24(21,22)13-15)18-12-14-4-7-20(8-5-14)9-10-23-2;/h14-15H,3-13H2,1-2H3,(H2,17,18,19);1H. The normalized spacial score (nSPS) is 24.7. The van der Waals surface area contributed by atoms with Crippen molar-refractivity contribution < 1.29 is 13.2 Å². The van der Waals surface area contributed by atoms with E-state index in [0.717, 1.165) is 58.1 Å². The zero-order valence-electron chi connectivity index (χ0n) is 15.4. The number of hydrogen-bond donors (Lipinski definition) is 2. The minimum absolute atomic E-state index is 0. The molecular weight excluding hydrogens is 455 g/mol. The lowest BCUT2D eigenvalue weighted by molar-refractivity contribution is 0.121. The Morgan fingerprint density at radius 1 is 1.28 bits per heavy atom. The lowest BCUT2D eigenvalue weighted by atomic mass is 9.97. The average Bonchev–Trinajstić information content (AvgIpc) is 2.90. The van der Waals surface area contributed by atoms with Gasteiger partial charge in [-0.05, 0) is 45.2 Å². The molecule has 0 amide bonds. The van der Waals surface area contributed by atoms with E-state index in [0.29, 0.717) is 12.3 Å². The molecule has 1 unspecified atom stereocenters. The van der Waals surface area contributed by atoms with Crippen LogP contribution in [0.3, 0.4) is 0 Å². The van der Waals surface area contributed by atoms with E-state index in [9.17, 15) is 8.42 Å². The van der Waals surface area contributed by atoms with Crippen LogP contribution in [0.2, 0.25) is 0 Å². The summed E-state index contributed by atoms with van der Waals surface area (Å²) in [5, 5.41) is 6.51. The van der Waals surface area contributed by atoms with Crippen molar-refractivity contribution in [2.24, 2.45) is 10.9 Å². The maximum Gasteiger partial charge on any atom is 0.191 e. The molecule has 2 fully saturated rings. The Hall–Kier alpha value is -0.130. The number of hydrogen-bond acceptors (Lipinski definition) is 5. The van der Waals surface area contributed by atoms with Gasteiger partial charge in [0.05, 0.1) is 18.1 Å². The second kappa shape index (κ2) is 11.6. The predicted octanol–water partition coefficient (Wildman–Crippen LogP) is 0.705. The van der Waals surface area contributed by atoms with Gasteiger partial charge in [0.25, 0.3) is 0 Å². The number of nitrogens with zero attached hydrogens (tertiary/aromatic N) is 2. The van der Waals surface area contributed by atoms with Gasteiger partial charge in [-0.2, -0.15) is 0 Å². The number of rotatable bonds is 7. The molecule has 0 aromatic carbocycles. The number of ether oxygens (including phenoxy) is 1. The lowest BCUT2D eigenvalue weighted by Crippen LogP contribution is -2.44. The first kappa shape index (κ1) is 22.9. The summed E-state index contributed by atoms with van der Waals surface area (Å²) < 4.78 is 28.3. The van der Waals surface area contributed by atoms with Gasteiger partial charge in [-0.3, -0.25) is 4.99 Å². The van der Waals surface area contributed by atoms with E-state index in [2.05, 4.69) is 15.5 Å². The van der Waals surface area contributed by atoms with E-state index in [4.69, 9.17) is 9.73 Å². The van der Waals surface area contributed by atoms with Crippen LogP contribution in [-0.4, -0.2) is 83.3 Å². The molecule has 2 saturated heterocycles. The van der Waals surface area contributed by atoms with Crippen molar-refractivity contribution in [3.63, 3.8) is 0 Å². The number of nitrogens with one attached hydrogen (secondary N) is 2. The number of guanidine groups is 1. The summed E-state index contributed by atoms with van der Waals surface area (Å²) in [6, 6.07) is -0.0105. The molecule has 0 saturated carbocycles. The first-order valence-electron chi connectivity index (χ1n) is 8.99. The van der Waals surface area contributed by atoms with Crippen molar-refractivity contribution in [2.75, 3.05) is 57.9 Å². The molecule has 7 nitrogen and oxygen atoms in total. The van der Waals surface area contributed by atoms with Crippen LogP contribution in [0.5, 0.6) is 0 Å². The van der Waals surface area contributed by atoms with Gasteiger partial charge in [-0.25, -0.2) is 8.42 Å². The zero-order chi connectivity index (χ0) is 17.4. The summed E-state index contributed by atoms with van der Waals surface area (Å²) in [7, 11) is -1.12. The molecule has 2 aliphatic rings. The molecular formula is C16H33IN4O3S. The van der Waals surface area contributed by atoms with Gasteiger partial charge in [-0.1, -0.05) is 0 Å². The number of likely N-dealkylation sites (tertiary alicyclic amines) is 1. The fourth-order valence-corrected chi connectivity index (χ4v) is 4.93. The number of piperidine rings is 1. The van der Waals surface area contributed by atoms with Gasteiger partial charge in [0.2, 0.25) is 0 Å². The van der Waals surface area contributed by atoms with Crippen molar-refractivity contribution in [3.8, 4) is 0 Å². The summed E-state index contributed by atoms with van der Waals surface area (Å²) in [5.41, 5.74) is 0. The van der Waals surface area contributed by atoms with E-state index >= 15 is 0 Å². The Morgan fingerprint density at radius 3 is 2.56 bits per heavy atom. The number of sulfone groups is 1. The molecule has 0 aliphatic carbocycles. The smallest absolute Gasteiger partial charge is 0.191 e. The lowest BCUT2D eigenvalue weighted by Gasteiger charge is -2.31. The molecule has 0 bridgehead atoms. The summed E-state index contributed by atoms with van der Waals surface area (Å²) in [4.78, 5) is 7.13. The Kier molecular flexibility index (Phi) is 10.6. The van der Waals surface area contributed by atoms with Gasteiger partial charge in [-0.15, -0.1) is 24.0 Å². The van der Waals surface area contributed by atoms with Crippen LogP contribution in [0.25, 0.3) is 0 Å². The quantitative estimate of drug-likeness (QED) is 0.312. The molecule has 2 N–H and O–H groups in total. The molecule has 0 aromatic rings. The van der Waals surface area contributed by atoms with Crippen molar-refractivity contribution in [2.45, 2.75) is 32.2 Å². The summed E-state index contributed by atoms with van der Waals surface area (Å²) in [6.07, 6.45) is 2.99. The summed E-state index contributed by atoms with van der Waals surface area (Å²) >= 11 is 0. The van der Waals surface area contributed by atoms with Crippen molar-refractivity contribution in [3.05, 3.63) is 0 Å². The average molecular weight is 488 g/mol. The van der Waals surface area contributed by atoms with E-state index in [1.54, 1.807) is 7.11 Å². The third-order valence-corrected chi connectivity index (χ3v) is 6.51. The maximum absolute atomic E-state index is 11.6. The highest BCUT2D eigenvalue weighted by atomic mass is 127. The van der Waals surface area contributed by atoms with E-state index < -0.39 is 9.84 Å². The topological polar surface area (TPSA) is 83.0 Å². The first-order valence-corrected chi connectivity index (χ1v) is 10.8. The number of methoxy groups -OCH3 is 1. The van der Waals surface area contributed by atoms with Crippen LogP contribution in [0.15, 0.2) is 4.99 Å². The van der Waals surface area contributed by atoms with Crippen LogP contribution >= 0.6 is 24.0 Å². The summed E-state index contributed by atoms with van der Waals surface area (Å²) in [6.45, 7) is 7.61. The molecule has 0 spiro atoms. The van der Waals surface area contributed by atoms with Crippen molar-refractivity contribution in [1.29, 1.82) is 0 Å². The van der Waals surface area contributed by atoms with Crippen LogP contribution < -0.4 is 10.6 Å². The second-order valence-corrected chi connectivity index (χ2v) is 8.97. The molecule has 0 radical (unpaired) electrons. The van der Waals surface area contributed by atoms with Gasteiger partial charge < -0.3 is 20.3 Å². The molecule has 2 rings (SSSR count). The van der Waals surface area contributed by atoms with Gasteiger partial charge in [0.1, 0.15) is 0 Å². The second-order valence-electron chi connectivity index (χ2n) is 6.74. The van der Waals surface area contributed by atoms with Gasteiger partial charge >= 0.3 is 0 Å². The van der Waals surface area contributed by atoms with E-state index in [1.807, 2.05) is 6.92 Å². The zero-order valence-corrected chi connectivity index (χ0v) is 18.5. The number of aliphatic imine (C=N–C) groups is 1. The maximum atomic E-state index is 11.6. The predicted molar refractivity (Wildman–Crippen MR) is 113 cm³/mol. The summed E-state index contributed by atoms with van der Waals surface area (Å²) in [5.74, 6) is 1.85. The SMILES string of the molecule is CCNC(=NCC1CCN(CCOC)CC1)NC1CCS(=O)(=O)C1.I. The van der Waals surface area contributed by atoms with Crippen LogP contribution in [0.1, 0.15) is 26.2 Å². The Balaban J connectivity index is 0.00000312. The molecule has 25 heavy (non-hydrogen) atoms. The monoisotopic (exact) mass is 488 g/mol. The molecule has 9 heteroatoms. The first-order chi connectivity index (χ1) is 11.5. The fourth-order valence-electron chi connectivity index (χ4n) is 3.26. The van der Waals surface area contributed by atoms with Crippen molar-refractivity contribution in [1.82, 2.24) is 15.5 Å². The van der Waals surface area contributed by atoms with E-state index in [-0.39, 0.29) is 41.5 Å². The number of halogens is 1. The molecule has 0 aromatic heterocycles. The minimum Gasteiger partial charge on any atom is -0.383 e. The van der Waals surface area contributed by atoms with Crippen LogP contribution in [-0.2, 0) is 14.6 Å². The van der Waals surface area contributed by atoms with Crippen LogP contribution in [0.4, 0.5) is 0 Å². The fraction of sp³-hybridized carbons (Fsp3) is 0.938. The minimum atomic E-state index is -2.87.